The molecule has 8 rings (SSSR count). The number of epoxide rings is 2. The lowest BCUT2D eigenvalue weighted by Crippen LogP contribution is -2.30. The van der Waals surface area contributed by atoms with Gasteiger partial charge in [-0.25, -0.2) is 25.3 Å². The Morgan fingerprint density at radius 1 is 0.323 bits per heavy atom. The van der Waals surface area contributed by atoms with Gasteiger partial charge in [0.15, 0.2) is 0 Å². The van der Waals surface area contributed by atoms with Crippen LogP contribution in [0.5, 0.6) is 0 Å². The van der Waals surface area contributed by atoms with Crippen LogP contribution in [0.4, 0.5) is 34.1 Å². The molecule has 2 saturated heterocycles. The fourth-order valence-corrected chi connectivity index (χ4v) is 12.2. The van der Waals surface area contributed by atoms with Crippen LogP contribution in [0.3, 0.4) is 0 Å². The van der Waals surface area contributed by atoms with Gasteiger partial charge in [-0.1, -0.05) is 0 Å². The van der Waals surface area contributed by atoms with E-state index in [4.69, 9.17) is 49.4 Å². The molecule has 6 aromatic carbocycles. The first kappa shape index (κ1) is 73.8. The van der Waals surface area contributed by atoms with Crippen LogP contribution in [0.1, 0.15) is 0 Å². The molecule has 8 atom stereocenters. The smallest absolute Gasteiger partial charge is 0.206 e. The highest BCUT2D eigenvalue weighted by atomic mass is 32.2. The highest BCUT2D eigenvalue weighted by Crippen LogP contribution is 2.27. The van der Waals surface area contributed by atoms with Gasteiger partial charge in [-0.05, 0) is 146 Å². The Morgan fingerprint density at radius 3 is 0.710 bits per heavy atom. The number of rotatable bonds is 42. The van der Waals surface area contributed by atoms with Crippen molar-refractivity contribution in [1.29, 1.82) is 0 Å². The molecule has 2 aliphatic heterocycles. The van der Waals surface area contributed by atoms with Crippen LogP contribution < -0.4 is 32.7 Å². The number of hydrogen-bond acceptors (Lipinski definition) is 27. The van der Waals surface area contributed by atoms with E-state index in [1.807, 2.05) is 0 Å². The SMILES string of the molecule is Nc1ccc(S(=O)(=O)c2ccc(NCC(O)COCC(O)COCC(O)CNc3ccc(S(=O)(=O)c4ccc(N)cc4)cc3)cc2)cc1.O=S(=O)(c1ccc(NCC(O)COCC(O)COCC2CO2)cc1)c1ccc(NCC(O)COCC(O)COCC2CO2)cc1. The maximum atomic E-state index is 13.1. The molecule has 15 N–H and O–H groups in total. The summed E-state index contributed by atoms with van der Waals surface area (Å²) in [5, 5.41) is 82.6. The molecule has 0 spiro atoms. The Morgan fingerprint density at radius 2 is 0.505 bits per heavy atom. The van der Waals surface area contributed by atoms with E-state index in [-0.39, 0.29) is 134 Å². The molecule has 0 radical (unpaired) electrons. The molecule has 0 saturated carbocycles. The number of aliphatic hydroxyl groups excluding tert-OH is 7. The Kier molecular flexibility index (Phi) is 29.3. The molecule has 2 aliphatic rings. The van der Waals surface area contributed by atoms with Gasteiger partial charge in [-0.15, -0.1) is 0 Å². The van der Waals surface area contributed by atoms with E-state index < -0.39 is 72.2 Å². The van der Waals surface area contributed by atoms with E-state index in [9.17, 15) is 61.0 Å². The summed E-state index contributed by atoms with van der Waals surface area (Å²) in [5.74, 6) is 0. The average molecular weight is 1360 g/mol. The monoisotopic (exact) mass is 1360 g/mol. The summed E-state index contributed by atoms with van der Waals surface area (Å²) in [4.78, 5) is 0.747. The first-order chi connectivity index (χ1) is 44.5. The van der Waals surface area contributed by atoms with Crippen LogP contribution in [-0.4, -0.2) is 235 Å². The van der Waals surface area contributed by atoms with Crippen molar-refractivity contribution >= 4 is 63.6 Å². The minimum Gasteiger partial charge on any atom is -0.399 e. The van der Waals surface area contributed by atoms with Crippen molar-refractivity contribution in [1.82, 2.24) is 0 Å². The Hall–Kier alpha value is -6.63. The van der Waals surface area contributed by atoms with Gasteiger partial charge in [0, 0.05) is 60.3 Å². The highest BCUT2D eigenvalue weighted by molar-refractivity contribution is 7.92. The number of anilines is 6. The third-order valence-corrected chi connectivity index (χ3v) is 19.1. The van der Waals surface area contributed by atoms with E-state index in [0.717, 1.165) is 0 Å². The Labute approximate surface area is 541 Å². The molecule has 0 aromatic heterocycles. The van der Waals surface area contributed by atoms with Gasteiger partial charge < -0.3 is 106 Å². The summed E-state index contributed by atoms with van der Waals surface area (Å²) in [6, 6.07) is 36.5. The standard InChI is InChI=1S/C33H40N4O9S2.C30H44N2O12S/c34-23-1-9-30(10-2-23)47(41,42)32-13-5-25(6-14-32)36-17-27(38)19-45-21-29(40)22-46-20-28(39)18-37-26-7-15-33(16-8-26)48(43,44)31-11-3-24(35)4-12-31;33-23(11-39-13-25(35)15-41-17-27-19-43-27)9-31-21-1-5-29(6-2-21)45(37,38)30-7-3-22(4-8-30)32-10-24(34)12-40-14-26(36)16-42-18-28-20-44-28/h1-16,27-29,36-40H,17-22,34-35H2;1-8,23-28,31-36H,9-20H2. The molecule has 6 aromatic rings. The maximum absolute atomic E-state index is 13.1. The minimum atomic E-state index is -3.77. The first-order valence-corrected chi connectivity index (χ1v) is 34.3. The molecular formula is C63H84N6O21S3. The number of nitrogens with two attached hydrogens (primary N) is 2. The van der Waals surface area contributed by atoms with Crippen LogP contribution in [-0.2, 0) is 67.4 Å². The molecule has 0 aliphatic carbocycles. The van der Waals surface area contributed by atoms with E-state index in [1.165, 1.54) is 97.1 Å². The maximum Gasteiger partial charge on any atom is 0.206 e. The number of nitrogens with one attached hydrogen (secondary N) is 4. The van der Waals surface area contributed by atoms with Crippen molar-refractivity contribution in [3.05, 3.63) is 146 Å². The minimum absolute atomic E-state index is 0.0108. The zero-order valence-corrected chi connectivity index (χ0v) is 53.5. The zero-order chi connectivity index (χ0) is 66.8. The molecule has 30 heteroatoms. The molecule has 93 heavy (non-hydrogen) atoms. The predicted octanol–water partition coefficient (Wildman–Crippen LogP) is 1.81. The number of sulfone groups is 3. The van der Waals surface area contributed by atoms with Crippen LogP contribution in [0, 0.1) is 0 Å². The number of aliphatic hydroxyl groups is 7. The summed E-state index contributed by atoms with van der Waals surface area (Å²) in [5.41, 5.74) is 14.7. The molecule has 510 valence electrons. The predicted molar refractivity (Wildman–Crippen MR) is 344 cm³/mol. The summed E-state index contributed by atoms with van der Waals surface area (Å²) in [7, 11) is -11.1. The fourth-order valence-electron chi connectivity index (χ4n) is 8.39. The molecule has 27 nitrogen and oxygen atoms in total. The molecule has 0 amide bonds. The lowest BCUT2D eigenvalue weighted by Gasteiger charge is -2.17. The van der Waals surface area contributed by atoms with Gasteiger partial charge in [0.1, 0.15) is 30.5 Å². The van der Waals surface area contributed by atoms with Crippen molar-refractivity contribution in [3.63, 3.8) is 0 Å². The second-order valence-electron chi connectivity index (χ2n) is 22.0. The van der Waals surface area contributed by atoms with Crippen molar-refractivity contribution in [2.75, 3.05) is 151 Å². The fraction of sp³-hybridized carbons (Fsp3) is 0.429. The third kappa shape index (κ3) is 25.9. The first-order valence-electron chi connectivity index (χ1n) is 29.8. The van der Waals surface area contributed by atoms with E-state index >= 15 is 0 Å². The van der Waals surface area contributed by atoms with E-state index in [0.29, 0.717) is 60.6 Å². The Balaban J connectivity index is 0.000000264. The van der Waals surface area contributed by atoms with Gasteiger partial charge in [-0.2, -0.15) is 0 Å². The highest BCUT2D eigenvalue weighted by Gasteiger charge is 2.25. The normalized spacial score (nSPS) is 16.9. The Bertz CT molecular complexity index is 3260. The van der Waals surface area contributed by atoms with Crippen LogP contribution >= 0.6 is 0 Å². The molecular weight excluding hydrogens is 1270 g/mol. The lowest BCUT2D eigenvalue weighted by atomic mass is 10.3. The molecule has 0 bridgehead atoms. The van der Waals surface area contributed by atoms with Crippen LogP contribution in [0.15, 0.2) is 175 Å². The van der Waals surface area contributed by atoms with Crippen LogP contribution in [0.2, 0.25) is 0 Å². The summed E-state index contributed by atoms with van der Waals surface area (Å²) in [6.07, 6.45) is -5.82. The topological polar surface area (TPSA) is 425 Å². The second-order valence-corrected chi connectivity index (χ2v) is 27.8. The second kappa shape index (κ2) is 36.9. The number of nitrogen functional groups attached to an aromatic ring is 2. The van der Waals surface area contributed by atoms with Crippen molar-refractivity contribution in [2.24, 2.45) is 0 Å². The van der Waals surface area contributed by atoms with Gasteiger partial charge >= 0.3 is 0 Å². The number of hydrogen-bond donors (Lipinski definition) is 13. The van der Waals surface area contributed by atoms with Crippen molar-refractivity contribution < 1.29 is 98.9 Å². The summed E-state index contributed by atoms with van der Waals surface area (Å²) in [6.45, 7) is 2.84. The van der Waals surface area contributed by atoms with E-state index in [2.05, 4.69) is 21.3 Å². The third-order valence-electron chi connectivity index (χ3n) is 13.7. The molecule has 8 unspecified atom stereocenters. The number of ether oxygens (including phenoxy) is 8. The van der Waals surface area contributed by atoms with Gasteiger partial charge in [0.2, 0.25) is 29.5 Å². The molecule has 2 fully saturated rings. The van der Waals surface area contributed by atoms with E-state index in [1.54, 1.807) is 48.5 Å². The van der Waals surface area contributed by atoms with Crippen molar-refractivity contribution in [3.8, 4) is 0 Å². The van der Waals surface area contributed by atoms with Gasteiger partial charge in [0.05, 0.1) is 146 Å². The van der Waals surface area contributed by atoms with Crippen LogP contribution in [0.25, 0.3) is 0 Å². The van der Waals surface area contributed by atoms with Gasteiger partial charge in [-0.3, -0.25) is 0 Å². The summed E-state index contributed by atoms with van der Waals surface area (Å²) < 4.78 is 119. The molecule has 2 heterocycles. The van der Waals surface area contributed by atoms with Gasteiger partial charge in [0.25, 0.3) is 0 Å². The number of benzene rings is 6. The summed E-state index contributed by atoms with van der Waals surface area (Å²) >= 11 is 0. The zero-order valence-electron chi connectivity index (χ0n) is 51.0. The average Bonchev–Trinajstić information content (AvgIpc) is 1.56. The largest absolute Gasteiger partial charge is 0.399 e. The lowest BCUT2D eigenvalue weighted by molar-refractivity contribution is -0.0493. The van der Waals surface area contributed by atoms with Crippen molar-refractivity contribution in [2.45, 2.75) is 84.3 Å². The quantitative estimate of drug-likeness (QED) is 0.0192.